The van der Waals surface area contributed by atoms with Gasteiger partial charge in [-0.1, -0.05) is 30.3 Å². The van der Waals surface area contributed by atoms with Crippen LogP contribution in [0.15, 0.2) is 63.3 Å². The van der Waals surface area contributed by atoms with Crippen LogP contribution in [0, 0.1) is 0 Å². The molecular weight excluding hydrogens is 394 g/mol. The highest BCUT2D eigenvalue weighted by Crippen LogP contribution is 2.30. The summed E-state index contributed by atoms with van der Waals surface area (Å²) >= 11 is 1.34. The fraction of sp³-hybridized carbons (Fsp3) is 0.100. The van der Waals surface area contributed by atoms with Gasteiger partial charge in [0.1, 0.15) is 23.8 Å². The minimum absolute atomic E-state index is 0.0983. The van der Waals surface area contributed by atoms with E-state index in [1.54, 1.807) is 6.07 Å². The van der Waals surface area contributed by atoms with Crippen molar-refractivity contribution in [2.24, 2.45) is 0 Å². The van der Waals surface area contributed by atoms with Crippen LogP contribution in [0.25, 0.3) is 21.3 Å². The van der Waals surface area contributed by atoms with E-state index in [9.17, 15) is 14.4 Å². The van der Waals surface area contributed by atoms with Crippen LogP contribution in [0.3, 0.4) is 0 Å². The summed E-state index contributed by atoms with van der Waals surface area (Å²) in [5.74, 6) is -0.855. The maximum atomic E-state index is 12.5. The molecule has 9 heteroatoms. The van der Waals surface area contributed by atoms with Crippen LogP contribution in [-0.4, -0.2) is 28.4 Å². The fourth-order valence-electron chi connectivity index (χ4n) is 2.74. The van der Waals surface area contributed by atoms with Gasteiger partial charge in [-0.2, -0.15) is 0 Å². The highest BCUT2D eigenvalue weighted by atomic mass is 32.1. The summed E-state index contributed by atoms with van der Waals surface area (Å²) < 4.78 is 10.0. The normalized spacial score (nSPS) is 10.8. The number of thiophene rings is 1. The maximum absolute atomic E-state index is 12.5. The quantitative estimate of drug-likeness (QED) is 0.473. The number of esters is 1. The van der Waals surface area contributed by atoms with Gasteiger partial charge in [0.05, 0.1) is 11.6 Å². The van der Waals surface area contributed by atoms with Crippen LogP contribution in [0.4, 0.5) is 0 Å². The number of nitrogens with zero attached hydrogens (tertiary/aromatic N) is 1. The SMILES string of the molecule is O=C(CNC(=O)c1ccco1)OCc1nc2scc(-c3ccccc3)c2c(=O)[nH]1. The summed E-state index contributed by atoms with van der Waals surface area (Å²) in [6, 6.07) is 12.6. The number of carbonyl (C=O) groups is 2. The lowest BCUT2D eigenvalue weighted by Crippen LogP contribution is -2.30. The first kappa shape index (κ1) is 18.6. The van der Waals surface area contributed by atoms with Gasteiger partial charge >= 0.3 is 5.97 Å². The van der Waals surface area contributed by atoms with Crippen molar-refractivity contribution in [2.45, 2.75) is 6.61 Å². The molecule has 1 amide bonds. The van der Waals surface area contributed by atoms with Crippen molar-refractivity contribution in [3.63, 3.8) is 0 Å². The number of nitrogens with one attached hydrogen (secondary N) is 2. The molecule has 0 spiro atoms. The molecule has 0 radical (unpaired) electrons. The lowest BCUT2D eigenvalue weighted by atomic mass is 10.1. The Morgan fingerprint density at radius 3 is 2.76 bits per heavy atom. The van der Waals surface area contributed by atoms with E-state index >= 15 is 0 Å². The third-order valence-corrected chi connectivity index (χ3v) is 4.96. The summed E-state index contributed by atoms with van der Waals surface area (Å²) in [5, 5.41) is 4.77. The van der Waals surface area contributed by atoms with Crippen LogP contribution in [-0.2, 0) is 16.1 Å². The molecule has 2 N–H and O–H groups in total. The lowest BCUT2D eigenvalue weighted by molar-refractivity contribution is -0.143. The number of aromatic nitrogens is 2. The molecule has 29 heavy (non-hydrogen) atoms. The largest absolute Gasteiger partial charge is 0.459 e. The minimum atomic E-state index is -0.663. The van der Waals surface area contributed by atoms with Gasteiger partial charge in [0, 0.05) is 10.9 Å². The molecule has 1 aromatic carbocycles. The average Bonchev–Trinajstić information content (AvgIpc) is 3.41. The van der Waals surface area contributed by atoms with Gasteiger partial charge < -0.3 is 19.5 Å². The molecule has 0 aliphatic heterocycles. The molecule has 8 nitrogen and oxygen atoms in total. The molecule has 3 aromatic heterocycles. The van der Waals surface area contributed by atoms with Crippen LogP contribution in [0.1, 0.15) is 16.4 Å². The van der Waals surface area contributed by atoms with Crippen molar-refractivity contribution in [1.29, 1.82) is 0 Å². The highest BCUT2D eigenvalue weighted by Gasteiger charge is 2.14. The van der Waals surface area contributed by atoms with Gasteiger partial charge in [0.2, 0.25) is 0 Å². The van der Waals surface area contributed by atoms with E-state index in [0.29, 0.717) is 10.2 Å². The van der Waals surface area contributed by atoms with E-state index in [-0.39, 0.29) is 30.3 Å². The molecule has 146 valence electrons. The van der Waals surface area contributed by atoms with Gasteiger partial charge in [-0.05, 0) is 17.7 Å². The smallest absolute Gasteiger partial charge is 0.325 e. The average molecular weight is 409 g/mol. The Balaban J connectivity index is 1.42. The predicted octanol–water partition coefficient (Wildman–Crippen LogP) is 2.72. The monoisotopic (exact) mass is 409 g/mol. The number of amides is 1. The first-order valence-electron chi connectivity index (χ1n) is 8.65. The van der Waals surface area contributed by atoms with Crippen molar-refractivity contribution >= 4 is 33.4 Å². The van der Waals surface area contributed by atoms with Gasteiger partial charge in [0.15, 0.2) is 5.76 Å². The number of fused-ring (bicyclic) bond motifs is 1. The second-order valence-corrected chi connectivity index (χ2v) is 6.89. The van der Waals surface area contributed by atoms with Gasteiger partial charge in [-0.25, -0.2) is 4.98 Å². The Kier molecular flexibility index (Phi) is 5.21. The Morgan fingerprint density at radius 1 is 1.17 bits per heavy atom. The molecule has 4 rings (SSSR count). The molecule has 0 atom stereocenters. The Hall–Kier alpha value is -3.72. The number of furan rings is 1. The second-order valence-electron chi connectivity index (χ2n) is 6.03. The van der Waals surface area contributed by atoms with Gasteiger partial charge in [-0.15, -0.1) is 11.3 Å². The summed E-state index contributed by atoms with van der Waals surface area (Å²) in [4.78, 5) is 43.7. The van der Waals surface area contributed by atoms with E-state index in [4.69, 9.17) is 9.15 Å². The van der Waals surface area contributed by atoms with Gasteiger partial charge in [0.25, 0.3) is 11.5 Å². The Bertz CT molecular complexity index is 1210. The van der Waals surface area contributed by atoms with Crippen molar-refractivity contribution in [2.75, 3.05) is 6.54 Å². The molecule has 0 saturated carbocycles. The van der Waals surface area contributed by atoms with E-state index < -0.39 is 11.9 Å². The summed E-state index contributed by atoms with van der Waals surface area (Å²) in [7, 11) is 0. The number of hydrogen-bond acceptors (Lipinski definition) is 7. The summed E-state index contributed by atoms with van der Waals surface area (Å²) in [6.07, 6.45) is 1.36. The fourth-order valence-corrected chi connectivity index (χ4v) is 3.71. The first-order valence-corrected chi connectivity index (χ1v) is 9.53. The molecule has 0 bridgehead atoms. The van der Waals surface area contributed by atoms with Crippen molar-refractivity contribution in [3.8, 4) is 11.1 Å². The number of aromatic amines is 1. The molecule has 0 fully saturated rings. The second kappa shape index (κ2) is 8.11. The van der Waals surface area contributed by atoms with Gasteiger partial charge in [-0.3, -0.25) is 14.4 Å². The van der Waals surface area contributed by atoms with Crippen LogP contribution in [0.2, 0.25) is 0 Å². The third-order valence-electron chi connectivity index (χ3n) is 4.09. The standard InChI is InChI=1S/C20H15N3O5S/c24-16(9-21-18(25)14-7-4-8-27-14)28-10-15-22-19(26)17-13(11-29-20(17)23-15)12-5-2-1-3-6-12/h1-8,11H,9-10H2,(H,21,25)(H,22,23,26). The first-order chi connectivity index (χ1) is 14.1. The zero-order valence-electron chi connectivity index (χ0n) is 15.0. The van der Waals surface area contributed by atoms with Crippen LogP contribution in [0.5, 0.6) is 0 Å². The number of benzene rings is 1. The zero-order valence-corrected chi connectivity index (χ0v) is 15.8. The summed E-state index contributed by atoms with van der Waals surface area (Å²) in [5.41, 5.74) is 1.44. The van der Waals surface area contributed by atoms with E-state index in [2.05, 4.69) is 15.3 Å². The maximum Gasteiger partial charge on any atom is 0.325 e. The summed E-state index contributed by atoms with van der Waals surface area (Å²) in [6.45, 7) is -0.539. The highest BCUT2D eigenvalue weighted by molar-refractivity contribution is 7.17. The van der Waals surface area contributed by atoms with E-state index in [1.165, 1.54) is 23.7 Å². The van der Waals surface area contributed by atoms with E-state index in [1.807, 2.05) is 35.7 Å². The molecule has 0 aliphatic rings. The predicted molar refractivity (Wildman–Crippen MR) is 107 cm³/mol. The molecule has 0 aliphatic carbocycles. The van der Waals surface area contributed by atoms with E-state index in [0.717, 1.165) is 11.1 Å². The topological polar surface area (TPSA) is 114 Å². The van der Waals surface area contributed by atoms with Crippen LogP contribution < -0.4 is 10.9 Å². The number of carbonyl (C=O) groups excluding carboxylic acids is 2. The van der Waals surface area contributed by atoms with Crippen molar-refractivity contribution < 1.29 is 18.7 Å². The Labute approximate surface area is 168 Å². The number of ether oxygens (including phenoxy) is 1. The molecule has 3 heterocycles. The molecular formula is C20H15N3O5S. The lowest BCUT2D eigenvalue weighted by Gasteiger charge is -2.06. The number of H-pyrrole nitrogens is 1. The molecule has 0 saturated heterocycles. The van der Waals surface area contributed by atoms with Crippen LogP contribution >= 0.6 is 11.3 Å². The molecule has 0 unspecified atom stereocenters. The Morgan fingerprint density at radius 2 is 2.00 bits per heavy atom. The number of rotatable bonds is 6. The third kappa shape index (κ3) is 4.09. The van der Waals surface area contributed by atoms with Crippen molar-refractivity contribution in [3.05, 3.63) is 76.0 Å². The number of hydrogen-bond donors (Lipinski definition) is 2. The van der Waals surface area contributed by atoms with Crippen molar-refractivity contribution in [1.82, 2.24) is 15.3 Å². The minimum Gasteiger partial charge on any atom is -0.459 e. The zero-order chi connectivity index (χ0) is 20.2. The molecule has 4 aromatic rings.